The molecule has 0 aromatic heterocycles. The van der Waals surface area contributed by atoms with E-state index in [2.05, 4.69) is 12.6 Å². The predicted octanol–water partition coefficient (Wildman–Crippen LogP) is 1.86. The lowest BCUT2D eigenvalue weighted by Crippen LogP contribution is -2.49. The van der Waals surface area contributed by atoms with E-state index in [-0.39, 0.29) is 5.91 Å². The zero-order chi connectivity index (χ0) is 10.6. The summed E-state index contributed by atoms with van der Waals surface area (Å²) >= 11 is 0. The third kappa shape index (κ3) is 1.79. The van der Waals surface area contributed by atoms with Crippen molar-refractivity contribution < 1.29 is 4.79 Å². The van der Waals surface area contributed by atoms with Gasteiger partial charge in [-0.15, -0.1) is 0 Å². The summed E-state index contributed by atoms with van der Waals surface area (Å²) in [5.74, 6) is -0.159. The van der Waals surface area contributed by atoms with Crippen LogP contribution in [-0.2, 0) is 4.79 Å². The van der Waals surface area contributed by atoms with Crippen molar-refractivity contribution in [3.63, 3.8) is 0 Å². The van der Waals surface area contributed by atoms with Gasteiger partial charge in [0.1, 0.15) is 5.54 Å². The highest BCUT2D eigenvalue weighted by atomic mass is 16.2. The molecule has 0 spiro atoms. The summed E-state index contributed by atoms with van der Waals surface area (Å²) in [6.45, 7) is 3.44. The number of carbonyl (C=O) groups is 1. The second-order valence-corrected chi connectivity index (χ2v) is 3.81. The lowest BCUT2D eigenvalue weighted by molar-refractivity contribution is -0.129. The fourth-order valence-electron chi connectivity index (χ4n) is 2.01. The Hall–Kier alpha value is -1.30. The van der Waals surface area contributed by atoms with E-state index in [1.165, 1.54) is 12.5 Å². The molecule has 3 heteroatoms. The van der Waals surface area contributed by atoms with Crippen LogP contribution in [0.25, 0.3) is 0 Å². The van der Waals surface area contributed by atoms with Crippen LogP contribution in [0.1, 0.15) is 32.1 Å². The highest BCUT2D eigenvalue weighted by Crippen LogP contribution is 2.32. The van der Waals surface area contributed by atoms with Crippen molar-refractivity contribution in [2.45, 2.75) is 37.6 Å². The molecule has 0 aromatic carbocycles. The highest BCUT2D eigenvalue weighted by Gasteiger charge is 2.37. The minimum atomic E-state index is -0.580. The third-order valence-corrected chi connectivity index (χ3v) is 3.04. The third-order valence-electron chi connectivity index (χ3n) is 3.04. The molecular formula is C11H16N2O. The van der Waals surface area contributed by atoms with Crippen molar-refractivity contribution in [1.82, 2.24) is 4.90 Å². The van der Waals surface area contributed by atoms with Crippen molar-refractivity contribution in [2.24, 2.45) is 0 Å². The molecule has 3 nitrogen and oxygen atoms in total. The van der Waals surface area contributed by atoms with Crippen LogP contribution in [0.3, 0.4) is 0 Å². The molecule has 1 aliphatic rings. The molecule has 1 amide bonds. The van der Waals surface area contributed by atoms with Gasteiger partial charge < -0.3 is 4.90 Å². The van der Waals surface area contributed by atoms with Crippen molar-refractivity contribution in [3.05, 3.63) is 12.7 Å². The molecule has 1 fully saturated rings. The fourth-order valence-corrected chi connectivity index (χ4v) is 2.01. The van der Waals surface area contributed by atoms with Gasteiger partial charge in [0.15, 0.2) is 0 Å². The van der Waals surface area contributed by atoms with E-state index in [0.29, 0.717) is 0 Å². The van der Waals surface area contributed by atoms with Crippen molar-refractivity contribution in [2.75, 3.05) is 7.05 Å². The van der Waals surface area contributed by atoms with Gasteiger partial charge in [-0.2, -0.15) is 5.26 Å². The molecule has 76 valence electrons. The maximum Gasteiger partial charge on any atom is 0.246 e. The number of rotatable bonds is 2. The Kier molecular flexibility index (Phi) is 3.29. The quantitative estimate of drug-likeness (QED) is 0.627. The summed E-state index contributed by atoms with van der Waals surface area (Å²) in [7, 11) is 1.69. The van der Waals surface area contributed by atoms with Gasteiger partial charge in [-0.05, 0) is 18.9 Å². The van der Waals surface area contributed by atoms with Gasteiger partial charge in [0.2, 0.25) is 5.91 Å². The first-order chi connectivity index (χ1) is 6.66. The predicted molar refractivity (Wildman–Crippen MR) is 54.4 cm³/mol. The molecule has 1 saturated carbocycles. The van der Waals surface area contributed by atoms with Crippen LogP contribution < -0.4 is 0 Å². The number of carbonyl (C=O) groups excluding carboxylic acids is 1. The molecule has 0 N–H and O–H groups in total. The summed E-state index contributed by atoms with van der Waals surface area (Å²) in [5, 5.41) is 9.18. The van der Waals surface area contributed by atoms with Crippen LogP contribution in [0.2, 0.25) is 0 Å². The van der Waals surface area contributed by atoms with E-state index >= 15 is 0 Å². The maximum atomic E-state index is 11.4. The van der Waals surface area contributed by atoms with Gasteiger partial charge in [0, 0.05) is 7.05 Å². The van der Waals surface area contributed by atoms with Gasteiger partial charge in [-0.1, -0.05) is 25.8 Å². The monoisotopic (exact) mass is 192 g/mol. The van der Waals surface area contributed by atoms with Crippen LogP contribution in [0, 0.1) is 11.3 Å². The van der Waals surface area contributed by atoms with Gasteiger partial charge in [-0.3, -0.25) is 4.79 Å². The molecular weight excluding hydrogens is 176 g/mol. The van der Waals surface area contributed by atoms with Crippen LogP contribution >= 0.6 is 0 Å². The number of hydrogen-bond acceptors (Lipinski definition) is 2. The van der Waals surface area contributed by atoms with Crippen molar-refractivity contribution >= 4 is 5.91 Å². The average Bonchev–Trinajstić information content (AvgIpc) is 2.28. The van der Waals surface area contributed by atoms with Gasteiger partial charge in [0.25, 0.3) is 0 Å². The van der Waals surface area contributed by atoms with Gasteiger partial charge in [0.05, 0.1) is 6.07 Å². The smallest absolute Gasteiger partial charge is 0.246 e. The average molecular weight is 192 g/mol. The summed E-state index contributed by atoms with van der Waals surface area (Å²) in [4.78, 5) is 13.0. The Morgan fingerprint density at radius 3 is 2.50 bits per heavy atom. The van der Waals surface area contributed by atoms with Crippen LogP contribution in [0.15, 0.2) is 12.7 Å². The van der Waals surface area contributed by atoms with Crippen molar-refractivity contribution in [3.8, 4) is 6.07 Å². The molecule has 14 heavy (non-hydrogen) atoms. The Labute approximate surface area is 85.0 Å². The molecule has 1 aliphatic carbocycles. The molecule has 0 saturated heterocycles. The zero-order valence-electron chi connectivity index (χ0n) is 8.62. The van der Waals surface area contributed by atoms with E-state index in [1.54, 1.807) is 11.9 Å². The van der Waals surface area contributed by atoms with E-state index in [4.69, 9.17) is 0 Å². The lowest BCUT2D eigenvalue weighted by Gasteiger charge is -2.38. The minimum Gasteiger partial charge on any atom is -0.324 e. The van der Waals surface area contributed by atoms with E-state index in [1.807, 2.05) is 0 Å². The Morgan fingerprint density at radius 2 is 2.07 bits per heavy atom. The number of amides is 1. The second-order valence-electron chi connectivity index (χ2n) is 3.81. The summed E-state index contributed by atoms with van der Waals surface area (Å²) in [6, 6.07) is 2.29. The van der Waals surface area contributed by atoms with E-state index in [0.717, 1.165) is 25.7 Å². The van der Waals surface area contributed by atoms with Crippen LogP contribution in [0.4, 0.5) is 0 Å². The lowest BCUT2D eigenvalue weighted by atomic mass is 9.81. The summed E-state index contributed by atoms with van der Waals surface area (Å²) in [5.41, 5.74) is -0.580. The zero-order valence-corrected chi connectivity index (χ0v) is 8.62. The molecule has 0 heterocycles. The standard InChI is InChI=1S/C11H16N2O/c1-3-10(14)13(2)11(9-12)7-5-4-6-8-11/h3H,1,4-8H2,2H3. The molecule has 0 radical (unpaired) electrons. The largest absolute Gasteiger partial charge is 0.324 e. The SMILES string of the molecule is C=CC(=O)N(C)C1(C#N)CCCCC1. The maximum absolute atomic E-state index is 11.4. The molecule has 0 aliphatic heterocycles. The van der Waals surface area contributed by atoms with Crippen LogP contribution in [0.5, 0.6) is 0 Å². The number of nitriles is 1. The molecule has 1 rings (SSSR count). The van der Waals surface area contributed by atoms with E-state index < -0.39 is 5.54 Å². The first-order valence-electron chi connectivity index (χ1n) is 4.98. The number of nitrogens with zero attached hydrogens (tertiary/aromatic N) is 2. The topological polar surface area (TPSA) is 44.1 Å². The Bertz CT molecular complexity index is 272. The van der Waals surface area contributed by atoms with Crippen molar-refractivity contribution in [1.29, 1.82) is 5.26 Å². The Balaban J connectivity index is 2.83. The molecule has 0 unspecified atom stereocenters. The fraction of sp³-hybridized carbons (Fsp3) is 0.636. The normalized spacial score (nSPS) is 19.4. The number of hydrogen-bond donors (Lipinski definition) is 0. The minimum absolute atomic E-state index is 0.159. The van der Waals surface area contributed by atoms with Gasteiger partial charge in [-0.25, -0.2) is 0 Å². The molecule has 0 aromatic rings. The Morgan fingerprint density at radius 1 is 1.50 bits per heavy atom. The number of likely N-dealkylation sites (N-methyl/N-ethyl adjacent to an activating group) is 1. The first kappa shape index (κ1) is 10.8. The molecule has 0 atom stereocenters. The molecule has 0 bridgehead atoms. The second kappa shape index (κ2) is 4.28. The first-order valence-corrected chi connectivity index (χ1v) is 4.98. The van der Waals surface area contributed by atoms with Gasteiger partial charge >= 0.3 is 0 Å². The summed E-state index contributed by atoms with van der Waals surface area (Å²) in [6.07, 6.45) is 6.08. The van der Waals surface area contributed by atoms with E-state index in [9.17, 15) is 10.1 Å². The highest BCUT2D eigenvalue weighted by molar-refractivity contribution is 5.87. The summed E-state index contributed by atoms with van der Waals surface area (Å²) < 4.78 is 0. The van der Waals surface area contributed by atoms with Crippen LogP contribution in [-0.4, -0.2) is 23.4 Å².